The summed E-state index contributed by atoms with van der Waals surface area (Å²) in [4.78, 5) is 33.6. The number of carbonyl (C=O) groups is 2. The number of aryl methyl sites for hydroxylation is 2. The fourth-order valence-electron chi connectivity index (χ4n) is 3.19. The molecule has 3 heterocycles. The zero-order chi connectivity index (χ0) is 18.6. The van der Waals surface area contributed by atoms with Gasteiger partial charge in [-0.25, -0.2) is 0 Å². The number of hydrogen-bond donors (Lipinski definition) is 3. The maximum Gasteiger partial charge on any atom is 0.232 e. The first-order valence-electron chi connectivity index (χ1n) is 8.62. The van der Waals surface area contributed by atoms with Crippen molar-refractivity contribution in [3.63, 3.8) is 0 Å². The molecule has 1 atom stereocenters. The van der Waals surface area contributed by atoms with Crippen LogP contribution in [0.1, 0.15) is 24.0 Å². The van der Waals surface area contributed by atoms with Crippen molar-refractivity contribution < 1.29 is 9.59 Å². The summed E-state index contributed by atoms with van der Waals surface area (Å²) in [5, 5.41) is 8.95. The average Bonchev–Trinajstić information content (AvgIpc) is 3.04. The molecule has 0 saturated carbocycles. The van der Waals surface area contributed by atoms with Gasteiger partial charge in [-0.1, -0.05) is 0 Å². The molecule has 1 fully saturated rings. The molecule has 0 spiro atoms. The normalized spacial score (nSPS) is 19.2. The quantitative estimate of drug-likeness (QED) is 0.764. The Bertz CT molecular complexity index is 815. The van der Waals surface area contributed by atoms with Crippen molar-refractivity contribution in [2.45, 2.75) is 26.7 Å². The molecule has 1 saturated heterocycles. The summed E-state index contributed by atoms with van der Waals surface area (Å²) in [7, 11) is 0. The zero-order valence-corrected chi connectivity index (χ0v) is 15.0. The Morgan fingerprint density at radius 2 is 1.65 bits per heavy atom. The van der Waals surface area contributed by atoms with Crippen LogP contribution in [0.4, 0.5) is 11.4 Å². The highest BCUT2D eigenvalue weighted by Gasteiger charge is 2.43. The van der Waals surface area contributed by atoms with Crippen LogP contribution in [0, 0.1) is 19.3 Å². The van der Waals surface area contributed by atoms with Gasteiger partial charge in [0, 0.05) is 25.4 Å². The average molecular weight is 353 g/mol. The summed E-state index contributed by atoms with van der Waals surface area (Å²) in [6, 6.07) is 3.71. The van der Waals surface area contributed by atoms with E-state index in [0.717, 1.165) is 11.1 Å². The molecule has 3 N–H and O–H groups in total. The van der Waals surface area contributed by atoms with Crippen LogP contribution in [0.2, 0.25) is 0 Å². The standard InChI is InChI=1S/C19H23N5O2/c1-13-5-15(10-21-8-13)23-17(25)7-19(3-4-20-12-19)18(26)24-16-6-14(2)9-22-11-16/h5-6,8-11,20H,3-4,7,12H2,1-2H3,(H,23,25)(H,24,26). The van der Waals surface area contributed by atoms with Gasteiger partial charge in [-0.2, -0.15) is 0 Å². The molecule has 1 unspecified atom stereocenters. The van der Waals surface area contributed by atoms with Crippen molar-refractivity contribution in [2.75, 3.05) is 23.7 Å². The van der Waals surface area contributed by atoms with E-state index in [1.807, 2.05) is 26.0 Å². The maximum absolute atomic E-state index is 12.9. The fraction of sp³-hybridized carbons (Fsp3) is 0.368. The Morgan fingerprint density at radius 1 is 1.04 bits per heavy atom. The summed E-state index contributed by atoms with van der Waals surface area (Å²) in [5.41, 5.74) is 2.44. The van der Waals surface area contributed by atoms with E-state index in [0.29, 0.717) is 30.9 Å². The monoisotopic (exact) mass is 353 g/mol. The van der Waals surface area contributed by atoms with E-state index in [2.05, 4.69) is 25.9 Å². The SMILES string of the molecule is Cc1cncc(NC(=O)CC2(C(=O)Nc3cncc(C)c3)CCNC2)c1. The summed E-state index contributed by atoms with van der Waals surface area (Å²) >= 11 is 0. The highest BCUT2D eigenvalue weighted by Crippen LogP contribution is 2.32. The predicted octanol–water partition coefficient (Wildman–Crippen LogP) is 2.04. The van der Waals surface area contributed by atoms with Gasteiger partial charge in [0.15, 0.2) is 0 Å². The van der Waals surface area contributed by atoms with Gasteiger partial charge in [0.05, 0.1) is 29.2 Å². The number of pyridine rings is 2. The van der Waals surface area contributed by atoms with Crippen molar-refractivity contribution in [3.05, 3.63) is 48.0 Å². The molecule has 2 amide bonds. The van der Waals surface area contributed by atoms with E-state index in [4.69, 9.17) is 0 Å². The molecule has 3 rings (SSSR count). The van der Waals surface area contributed by atoms with Gasteiger partial charge in [-0.15, -0.1) is 0 Å². The first-order chi connectivity index (χ1) is 12.5. The van der Waals surface area contributed by atoms with Gasteiger partial charge in [0.1, 0.15) is 0 Å². The number of nitrogens with zero attached hydrogens (tertiary/aromatic N) is 2. The zero-order valence-electron chi connectivity index (χ0n) is 15.0. The van der Waals surface area contributed by atoms with E-state index in [1.165, 1.54) is 0 Å². The smallest absolute Gasteiger partial charge is 0.232 e. The van der Waals surface area contributed by atoms with E-state index in [1.54, 1.807) is 24.8 Å². The minimum absolute atomic E-state index is 0.110. The third-order valence-corrected chi connectivity index (χ3v) is 4.52. The predicted molar refractivity (Wildman–Crippen MR) is 99.7 cm³/mol. The molecule has 2 aromatic heterocycles. The second-order valence-corrected chi connectivity index (χ2v) is 6.89. The Morgan fingerprint density at radius 3 is 2.19 bits per heavy atom. The highest BCUT2D eigenvalue weighted by molar-refractivity contribution is 6.01. The number of hydrogen-bond acceptors (Lipinski definition) is 5. The van der Waals surface area contributed by atoms with Crippen molar-refractivity contribution in [2.24, 2.45) is 5.41 Å². The molecule has 0 aliphatic carbocycles. The van der Waals surface area contributed by atoms with Crippen LogP contribution >= 0.6 is 0 Å². The lowest BCUT2D eigenvalue weighted by molar-refractivity contribution is -0.129. The lowest BCUT2D eigenvalue weighted by Gasteiger charge is -2.26. The van der Waals surface area contributed by atoms with Crippen LogP contribution in [0.25, 0.3) is 0 Å². The van der Waals surface area contributed by atoms with Crippen molar-refractivity contribution >= 4 is 23.2 Å². The number of aromatic nitrogens is 2. The van der Waals surface area contributed by atoms with E-state index in [-0.39, 0.29) is 18.2 Å². The number of nitrogens with one attached hydrogen (secondary N) is 3. The number of carbonyl (C=O) groups excluding carboxylic acids is 2. The van der Waals surface area contributed by atoms with Crippen LogP contribution in [-0.4, -0.2) is 34.9 Å². The van der Waals surface area contributed by atoms with Gasteiger partial charge in [-0.05, 0) is 50.1 Å². The Balaban J connectivity index is 1.70. The Hall–Kier alpha value is -2.80. The van der Waals surface area contributed by atoms with Crippen LogP contribution in [0.3, 0.4) is 0 Å². The molecule has 0 bridgehead atoms. The number of rotatable bonds is 5. The molecule has 7 nitrogen and oxygen atoms in total. The van der Waals surface area contributed by atoms with Crippen molar-refractivity contribution in [1.29, 1.82) is 0 Å². The Labute approximate surface area is 152 Å². The molecule has 0 radical (unpaired) electrons. The minimum Gasteiger partial charge on any atom is -0.325 e. The summed E-state index contributed by atoms with van der Waals surface area (Å²) in [6.45, 7) is 5.00. The lowest BCUT2D eigenvalue weighted by Crippen LogP contribution is -2.41. The van der Waals surface area contributed by atoms with Gasteiger partial charge in [0.25, 0.3) is 0 Å². The number of anilines is 2. The molecule has 0 aromatic carbocycles. The number of amides is 2. The largest absolute Gasteiger partial charge is 0.325 e. The minimum atomic E-state index is -0.773. The summed E-state index contributed by atoms with van der Waals surface area (Å²) in [5.74, 6) is -0.356. The third-order valence-electron chi connectivity index (χ3n) is 4.52. The maximum atomic E-state index is 12.9. The van der Waals surface area contributed by atoms with Crippen LogP contribution in [0.5, 0.6) is 0 Å². The second kappa shape index (κ2) is 7.61. The third kappa shape index (κ3) is 4.23. The van der Waals surface area contributed by atoms with E-state index < -0.39 is 5.41 Å². The molecule has 2 aromatic rings. The molecule has 26 heavy (non-hydrogen) atoms. The van der Waals surface area contributed by atoms with E-state index in [9.17, 15) is 9.59 Å². The lowest BCUT2D eigenvalue weighted by atomic mass is 9.82. The second-order valence-electron chi connectivity index (χ2n) is 6.89. The molecule has 136 valence electrons. The summed E-state index contributed by atoms with van der Waals surface area (Å²) < 4.78 is 0. The van der Waals surface area contributed by atoms with Crippen LogP contribution in [0.15, 0.2) is 36.9 Å². The summed E-state index contributed by atoms with van der Waals surface area (Å²) in [6.07, 6.45) is 7.38. The van der Waals surface area contributed by atoms with Gasteiger partial charge >= 0.3 is 0 Å². The van der Waals surface area contributed by atoms with Crippen molar-refractivity contribution in [3.8, 4) is 0 Å². The molecule has 1 aliphatic rings. The van der Waals surface area contributed by atoms with Crippen molar-refractivity contribution in [1.82, 2.24) is 15.3 Å². The van der Waals surface area contributed by atoms with E-state index >= 15 is 0 Å². The first kappa shape index (κ1) is 18.0. The topological polar surface area (TPSA) is 96.0 Å². The van der Waals surface area contributed by atoms with Crippen LogP contribution in [-0.2, 0) is 9.59 Å². The van der Waals surface area contributed by atoms with Gasteiger partial charge in [-0.3, -0.25) is 19.6 Å². The van der Waals surface area contributed by atoms with Crippen LogP contribution < -0.4 is 16.0 Å². The first-order valence-corrected chi connectivity index (χ1v) is 8.62. The molecule has 7 heteroatoms. The molecular weight excluding hydrogens is 330 g/mol. The fourth-order valence-corrected chi connectivity index (χ4v) is 3.19. The Kier molecular flexibility index (Phi) is 5.27. The van der Waals surface area contributed by atoms with Gasteiger partial charge < -0.3 is 16.0 Å². The molecule has 1 aliphatic heterocycles. The van der Waals surface area contributed by atoms with Gasteiger partial charge in [0.2, 0.25) is 11.8 Å². The molecular formula is C19H23N5O2. The highest BCUT2D eigenvalue weighted by atomic mass is 16.2.